The third-order valence-electron chi connectivity index (χ3n) is 3.22. The Kier molecular flexibility index (Phi) is 9.68. The summed E-state index contributed by atoms with van der Waals surface area (Å²) in [6.07, 6.45) is 1.21. The summed E-state index contributed by atoms with van der Waals surface area (Å²) in [5.74, 6) is 2.34. The molecule has 0 spiro atoms. The van der Waals surface area contributed by atoms with Crippen LogP contribution in [0.2, 0.25) is 0 Å². The van der Waals surface area contributed by atoms with Gasteiger partial charge in [0.2, 0.25) is 0 Å². The van der Waals surface area contributed by atoms with E-state index in [1.165, 1.54) is 0 Å². The molecule has 6 nitrogen and oxygen atoms in total. The van der Waals surface area contributed by atoms with Crippen molar-refractivity contribution in [2.24, 2.45) is 4.99 Å². The Morgan fingerprint density at radius 1 is 1.17 bits per heavy atom. The quantitative estimate of drug-likeness (QED) is 0.390. The fraction of sp³-hybridized carbons (Fsp3) is 0.611. The molecule has 0 radical (unpaired) electrons. The number of rotatable bonds is 10. The molecule has 0 heterocycles. The van der Waals surface area contributed by atoms with Gasteiger partial charge in [-0.05, 0) is 39.3 Å². The molecule has 0 saturated carbocycles. The van der Waals surface area contributed by atoms with Gasteiger partial charge < -0.3 is 24.8 Å². The smallest absolute Gasteiger partial charge is 0.191 e. The second kappa shape index (κ2) is 11.6. The Morgan fingerprint density at radius 3 is 2.58 bits per heavy atom. The molecule has 24 heavy (non-hydrogen) atoms. The molecule has 1 rings (SSSR count). The lowest BCUT2D eigenvalue weighted by Crippen LogP contribution is -2.42. The first-order valence-electron chi connectivity index (χ1n) is 8.42. The topological polar surface area (TPSA) is 64.1 Å². The van der Waals surface area contributed by atoms with Crippen LogP contribution in [0.1, 0.15) is 27.2 Å². The Morgan fingerprint density at radius 2 is 1.92 bits per heavy atom. The maximum Gasteiger partial charge on any atom is 0.191 e. The van der Waals surface area contributed by atoms with Crippen LogP contribution in [0, 0.1) is 0 Å². The molecule has 1 aromatic rings. The highest BCUT2D eigenvalue weighted by atomic mass is 16.5. The largest absolute Gasteiger partial charge is 0.497 e. The molecule has 0 aliphatic rings. The lowest BCUT2D eigenvalue weighted by Gasteiger charge is -2.18. The number of benzene rings is 1. The van der Waals surface area contributed by atoms with Crippen LogP contribution in [0.15, 0.2) is 29.3 Å². The van der Waals surface area contributed by atoms with Crippen molar-refractivity contribution in [2.75, 3.05) is 33.9 Å². The molecule has 0 aliphatic carbocycles. The van der Waals surface area contributed by atoms with Crippen molar-refractivity contribution >= 4 is 5.96 Å². The Hall–Kier alpha value is -1.95. The van der Waals surface area contributed by atoms with Crippen molar-refractivity contribution in [3.8, 4) is 11.5 Å². The number of hydrogen-bond acceptors (Lipinski definition) is 4. The predicted molar refractivity (Wildman–Crippen MR) is 98.2 cm³/mol. The third kappa shape index (κ3) is 8.62. The van der Waals surface area contributed by atoms with Crippen molar-refractivity contribution in [1.29, 1.82) is 0 Å². The maximum atomic E-state index is 5.88. The van der Waals surface area contributed by atoms with Crippen LogP contribution >= 0.6 is 0 Å². The van der Waals surface area contributed by atoms with E-state index in [0.717, 1.165) is 37.0 Å². The first-order valence-corrected chi connectivity index (χ1v) is 8.42. The second-order valence-corrected chi connectivity index (χ2v) is 5.76. The van der Waals surface area contributed by atoms with E-state index in [2.05, 4.69) is 15.6 Å². The number of hydrogen-bond donors (Lipinski definition) is 2. The van der Waals surface area contributed by atoms with E-state index in [-0.39, 0.29) is 12.2 Å². The summed E-state index contributed by atoms with van der Waals surface area (Å²) < 4.78 is 16.6. The minimum absolute atomic E-state index is 0.0000644. The molecule has 2 N–H and O–H groups in total. The zero-order valence-corrected chi connectivity index (χ0v) is 15.5. The van der Waals surface area contributed by atoms with E-state index in [0.29, 0.717) is 6.54 Å². The highest BCUT2D eigenvalue weighted by molar-refractivity contribution is 5.79. The van der Waals surface area contributed by atoms with Gasteiger partial charge >= 0.3 is 0 Å². The highest BCUT2D eigenvalue weighted by Gasteiger charge is 2.06. The molecule has 0 aliphatic heterocycles. The fourth-order valence-corrected chi connectivity index (χ4v) is 2.01. The monoisotopic (exact) mass is 337 g/mol. The molecule has 0 aromatic heterocycles. The van der Waals surface area contributed by atoms with Gasteiger partial charge in [-0.2, -0.15) is 0 Å². The standard InChI is InChI=1S/C18H31N3O3/c1-14(2)23-11-7-10-20-18(19-4)21-13-15(3)24-17-9-6-8-16(12-17)22-5/h6,8-9,12,14-15H,7,10-11,13H2,1-5H3,(H2,19,20,21). The summed E-state index contributed by atoms with van der Waals surface area (Å²) in [4.78, 5) is 4.21. The number of nitrogens with one attached hydrogen (secondary N) is 2. The normalized spacial score (nSPS) is 12.8. The number of aliphatic imine (C=N–C) groups is 1. The summed E-state index contributed by atoms with van der Waals surface area (Å²) in [6.45, 7) is 8.30. The van der Waals surface area contributed by atoms with E-state index < -0.39 is 0 Å². The van der Waals surface area contributed by atoms with Crippen molar-refractivity contribution in [1.82, 2.24) is 10.6 Å². The molecular weight excluding hydrogens is 306 g/mol. The molecule has 1 unspecified atom stereocenters. The zero-order chi connectivity index (χ0) is 17.8. The van der Waals surface area contributed by atoms with Crippen LogP contribution in [-0.4, -0.2) is 52.0 Å². The van der Waals surface area contributed by atoms with Gasteiger partial charge in [0.05, 0.1) is 19.8 Å². The van der Waals surface area contributed by atoms with Crippen molar-refractivity contribution < 1.29 is 14.2 Å². The molecule has 0 fully saturated rings. The van der Waals surface area contributed by atoms with Crippen molar-refractivity contribution in [3.63, 3.8) is 0 Å². The summed E-state index contributed by atoms with van der Waals surface area (Å²) in [6, 6.07) is 7.59. The molecule has 1 atom stereocenters. The molecule has 136 valence electrons. The average molecular weight is 337 g/mol. The van der Waals surface area contributed by atoms with Crippen LogP contribution in [0.4, 0.5) is 0 Å². The van der Waals surface area contributed by atoms with Gasteiger partial charge in [0, 0.05) is 26.3 Å². The van der Waals surface area contributed by atoms with Crippen molar-refractivity contribution in [2.45, 2.75) is 39.4 Å². The molecular formula is C18H31N3O3. The van der Waals surface area contributed by atoms with E-state index in [9.17, 15) is 0 Å². The Labute approximate surface area is 145 Å². The molecule has 1 aromatic carbocycles. The number of nitrogens with zero attached hydrogens (tertiary/aromatic N) is 1. The lowest BCUT2D eigenvalue weighted by atomic mass is 10.3. The number of ether oxygens (including phenoxy) is 3. The minimum atomic E-state index is -0.0000644. The molecule has 0 amide bonds. The number of methoxy groups -OCH3 is 1. The van der Waals surface area contributed by atoms with Gasteiger partial charge in [-0.25, -0.2) is 0 Å². The van der Waals surface area contributed by atoms with E-state index in [4.69, 9.17) is 14.2 Å². The zero-order valence-electron chi connectivity index (χ0n) is 15.5. The lowest BCUT2D eigenvalue weighted by molar-refractivity contribution is 0.0776. The first kappa shape index (κ1) is 20.1. The number of guanidine groups is 1. The molecule has 6 heteroatoms. The fourth-order valence-electron chi connectivity index (χ4n) is 2.01. The maximum absolute atomic E-state index is 5.88. The third-order valence-corrected chi connectivity index (χ3v) is 3.22. The minimum Gasteiger partial charge on any atom is -0.497 e. The Bertz CT molecular complexity index is 492. The average Bonchev–Trinajstić information content (AvgIpc) is 2.57. The van der Waals surface area contributed by atoms with Gasteiger partial charge in [0.15, 0.2) is 5.96 Å². The van der Waals surface area contributed by atoms with Gasteiger partial charge in [-0.3, -0.25) is 4.99 Å². The second-order valence-electron chi connectivity index (χ2n) is 5.76. The van der Waals surface area contributed by atoms with Gasteiger partial charge in [0.25, 0.3) is 0 Å². The highest BCUT2D eigenvalue weighted by Crippen LogP contribution is 2.19. The Balaban J connectivity index is 2.26. The van der Waals surface area contributed by atoms with Gasteiger partial charge in [-0.1, -0.05) is 6.07 Å². The molecule has 0 bridgehead atoms. The van der Waals surface area contributed by atoms with Crippen LogP contribution in [-0.2, 0) is 4.74 Å². The summed E-state index contributed by atoms with van der Waals surface area (Å²) in [5.41, 5.74) is 0. The van der Waals surface area contributed by atoms with Crippen LogP contribution in [0.25, 0.3) is 0 Å². The summed E-state index contributed by atoms with van der Waals surface area (Å²) in [5, 5.41) is 6.52. The van der Waals surface area contributed by atoms with Gasteiger partial charge in [-0.15, -0.1) is 0 Å². The van der Waals surface area contributed by atoms with Crippen LogP contribution in [0.5, 0.6) is 11.5 Å². The molecule has 0 saturated heterocycles. The first-order chi connectivity index (χ1) is 11.5. The predicted octanol–water partition coefficient (Wildman–Crippen LogP) is 2.44. The van der Waals surface area contributed by atoms with E-state index >= 15 is 0 Å². The van der Waals surface area contributed by atoms with Crippen LogP contribution < -0.4 is 20.1 Å². The SMILES string of the molecule is CN=C(NCCCOC(C)C)NCC(C)Oc1cccc(OC)c1. The van der Waals surface area contributed by atoms with Crippen molar-refractivity contribution in [3.05, 3.63) is 24.3 Å². The van der Waals surface area contributed by atoms with Crippen LogP contribution in [0.3, 0.4) is 0 Å². The summed E-state index contributed by atoms with van der Waals surface area (Å²) >= 11 is 0. The summed E-state index contributed by atoms with van der Waals surface area (Å²) in [7, 11) is 3.40. The van der Waals surface area contributed by atoms with E-state index in [1.807, 2.05) is 45.0 Å². The van der Waals surface area contributed by atoms with E-state index in [1.54, 1.807) is 14.2 Å². The van der Waals surface area contributed by atoms with Gasteiger partial charge in [0.1, 0.15) is 17.6 Å².